The number of rotatable bonds is 4. The third-order valence-electron chi connectivity index (χ3n) is 4.10. The third-order valence-corrected chi connectivity index (χ3v) is 6.30. The Labute approximate surface area is 169 Å². The monoisotopic (exact) mass is 447 g/mol. The van der Waals surface area contributed by atoms with Crippen molar-refractivity contribution in [2.24, 2.45) is 3.88 Å². The predicted octanol–water partition coefficient (Wildman–Crippen LogP) is 5.32. The normalized spacial score (nSPS) is 13.8. The molecule has 29 heavy (non-hydrogen) atoms. The first kappa shape index (κ1) is 21.1. The molecule has 1 unspecified atom stereocenters. The Morgan fingerprint density at radius 1 is 1.14 bits per heavy atom. The molecule has 0 radical (unpaired) electrons. The fourth-order valence-corrected chi connectivity index (χ4v) is 3.59. The molecule has 11 heteroatoms. The second-order valence-electron chi connectivity index (χ2n) is 6.04. The van der Waals surface area contributed by atoms with E-state index in [9.17, 15) is 21.8 Å². The highest BCUT2D eigenvalue weighted by Crippen LogP contribution is 2.34. The van der Waals surface area contributed by atoms with Gasteiger partial charge >= 0.3 is 6.18 Å². The van der Waals surface area contributed by atoms with E-state index in [1.165, 1.54) is 49.8 Å². The van der Waals surface area contributed by atoms with E-state index in [0.29, 0.717) is 4.90 Å². The summed E-state index contributed by atoms with van der Waals surface area (Å²) in [5, 5.41) is 3.63. The summed E-state index contributed by atoms with van der Waals surface area (Å²) < 4.78 is 75.2. The Morgan fingerprint density at radius 3 is 2.31 bits per heavy atom. The lowest BCUT2D eigenvalue weighted by atomic mass is 10.1. The van der Waals surface area contributed by atoms with Crippen LogP contribution in [0.15, 0.2) is 57.3 Å². The zero-order valence-electron chi connectivity index (χ0n) is 15.1. The van der Waals surface area contributed by atoms with Crippen molar-refractivity contribution in [2.45, 2.75) is 11.1 Å². The average Bonchev–Trinajstić information content (AvgIpc) is 3.14. The SMILES string of the molecule is COc1ccc(-c2cc(C(F)(F)F)nn2-c2ccc(S(C)(=O)=NCl)cc2)cc1F. The molecule has 0 saturated carbocycles. The van der Waals surface area contributed by atoms with E-state index in [4.69, 9.17) is 16.5 Å². The van der Waals surface area contributed by atoms with Gasteiger partial charge in [0, 0.05) is 28.5 Å². The van der Waals surface area contributed by atoms with Crippen LogP contribution in [0.1, 0.15) is 5.69 Å². The maximum atomic E-state index is 14.1. The number of methoxy groups -OCH3 is 1. The minimum atomic E-state index is -4.69. The van der Waals surface area contributed by atoms with Gasteiger partial charge in [0.25, 0.3) is 0 Å². The fourth-order valence-electron chi connectivity index (χ4n) is 2.63. The number of hydrogen-bond acceptors (Lipinski definition) is 4. The molecule has 0 aliphatic heterocycles. The van der Waals surface area contributed by atoms with E-state index in [0.717, 1.165) is 16.8 Å². The second-order valence-corrected chi connectivity index (χ2v) is 8.67. The highest BCUT2D eigenvalue weighted by Gasteiger charge is 2.35. The minimum Gasteiger partial charge on any atom is -0.494 e. The molecule has 0 amide bonds. The predicted molar refractivity (Wildman–Crippen MR) is 101 cm³/mol. The highest BCUT2D eigenvalue weighted by molar-refractivity contribution is 7.93. The number of nitrogens with zero attached hydrogens (tertiary/aromatic N) is 3. The standard InChI is InChI=1S/C18H14ClF4N3O2S/c1-28-16-8-3-11(9-14(16)20)15-10-17(18(21,22)23)24-26(15)12-4-6-13(7-5-12)29(2,27)25-19/h3-10H,1-2H3. The molecule has 0 fully saturated rings. The van der Waals surface area contributed by atoms with E-state index >= 15 is 0 Å². The van der Waals surface area contributed by atoms with Crippen molar-refractivity contribution in [3.05, 3.63) is 60.0 Å². The first-order valence-corrected chi connectivity index (χ1v) is 10.3. The van der Waals surface area contributed by atoms with E-state index in [1.807, 2.05) is 0 Å². The maximum Gasteiger partial charge on any atom is 0.435 e. The average molecular weight is 448 g/mol. The Kier molecular flexibility index (Phi) is 5.59. The maximum absolute atomic E-state index is 14.1. The zero-order valence-corrected chi connectivity index (χ0v) is 16.6. The van der Waals surface area contributed by atoms with Crippen LogP contribution < -0.4 is 4.74 Å². The van der Waals surface area contributed by atoms with Gasteiger partial charge in [0.1, 0.15) is 0 Å². The molecule has 3 rings (SSSR count). The first-order chi connectivity index (χ1) is 13.6. The van der Waals surface area contributed by atoms with Gasteiger partial charge in [-0.3, -0.25) is 0 Å². The number of halogens is 5. The lowest BCUT2D eigenvalue weighted by Gasteiger charge is -2.10. The zero-order chi connectivity index (χ0) is 21.4. The Balaban J connectivity index is 2.17. The molecule has 3 aromatic rings. The van der Waals surface area contributed by atoms with E-state index in [2.05, 4.69) is 8.98 Å². The topological polar surface area (TPSA) is 56.5 Å². The number of aromatic nitrogens is 2. The summed E-state index contributed by atoms with van der Waals surface area (Å²) in [5.74, 6) is -0.765. The smallest absolute Gasteiger partial charge is 0.435 e. The van der Waals surface area contributed by atoms with Crippen LogP contribution in [0.5, 0.6) is 5.75 Å². The lowest BCUT2D eigenvalue weighted by Crippen LogP contribution is -2.07. The van der Waals surface area contributed by atoms with Gasteiger partial charge in [-0.1, -0.05) is 0 Å². The number of alkyl halides is 3. The number of hydrogen-bond donors (Lipinski definition) is 0. The molecule has 1 atom stereocenters. The van der Waals surface area contributed by atoms with Gasteiger partial charge in [0.05, 0.1) is 28.2 Å². The Hall–Kier alpha value is -2.59. The molecule has 0 bridgehead atoms. The van der Waals surface area contributed by atoms with Crippen molar-refractivity contribution in [3.63, 3.8) is 0 Å². The van der Waals surface area contributed by atoms with Crippen LogP contribution in [-0.2, 0) is 15.9 Å². The Bertz CT molecular complexity index is 1170. The van der Waals surface area contributed by atoms with Gasteiger partial charge in [-0.2, -0.15) is 18.3 Å². The van der Waals surface area contributed by atoms with Crippen molar-refractivity contribution in [3.8, 4) is 22.7 Å². The van der Waals surface area contributed by atoms with Gasteiger partial charge in [0.15, 0.2) is 17.3 Å². The summed E-state index contributed by atoms with van der Waals surface area (Å²) >= 11 is 5.34. The van der Waals surface area contributed by atoms with Crippen LogP contribution in [0.4, 0.5) is 17.6 Å². The molecule has 2 aromatic carbocycles. The van der Waals surface area contributed by atoms with Gasteiger partial charge in [0.2, 0.25) is 0 Å². The molecule has 5 nitrogen and oxygen atoms in total. The van der Waals surface area contributed by atoms with Crippen molar-refractivity contribution in [2.75, 3.05) is 13.4 Å². The van der Waals surface area contributed by atoms with E-state index in [-0.39, 0.29) is 22.7 Å². The van der Waals surface area contributed by atoms with E-state index in [1.54, 1.807) is 0 Å². The molecular formula is C18H14ClF4N3O2S. The molecule has 0 saturated heterocycles. The molecule has 0 aliphatic carbocycles. The molecule has 1 heterocycles. The van der Waals surface area contributed by atoms with Crippen LogP contribution in [0, 0.1) is 5.82 Å². The summed E-state index contributed by atoms with van der Waals surface area (Å²) in [6.07, 6.45) is -3.36. The van der Waals surface area contributed by atoms with Crippen LogP contribution in [0.3, 0.4) is 0 Å². The van der Waals surface area contributed by atoms with Crippen molar-refractivity contribution < 1.29 is 26.5 Å². The van der Waals surface area contributed by atoms with Gasteiger partial charge in [-0.15, -0.1) is 3.88 Å². The number of benzene rings is 2. The summed E-state index contributed by atoms with van der Waals surface area (Å²) in [4.78, 5) is 0.302. The van der Waals surface area contributed by atoms with Crippen LogP contribution in [0.25, 0.3) is 16.9 Å². The molecule has 0 N–H and O–H groups in total. The number of ether oxygens (including phenoxy) is 1. The van der Waals surface area contributed by atoms with Crippen LogP contribution >= 0.6 is 11.8 Å². The summed E-state index contributed by atoms with van der Waals surface area (Å²) in [7, 11) is -1.54. The molecule has 0 aliphatic rings. The van der Waals surface area contributed by atoms with E-state index < -0.39 is 27.4 Å². The van der Waals surface area contributed by atoms with Crippen molar-refractivity contribution in [1.82, 2.24) is 9.78 Å². The fraction of sp³-hybridized carbons (Fsp3) is 0.167. The second kappa shape index (κ2) is 7.68. The summed E-state index contributed by atoms with van der Waals surface area (Å²) in [6.45, 7) is 0. The molecule has 0 spiro atoms. The van der Waals surface area contributed by atoms with Crippen LogP contribution in [-0.4, -0.2) is 27.4 Å². The van der Waals surface area contributed by atoms with Crippen molar-refractivity contribution >= 4 is 21.5 Å². The van der Waals surface area contributed by atoms with Gasteiger partial charge < -0.3 is 4.74 Å². The van der Waals surface area contributed by atoms with Crippen molar-refractivity contribution in [1.29, 1.82) is 0 Å². The lowest BCUT2D eigenvalue weighted by molar-refractivity contribution is -0.141. The third kappa shape index (κ3) is 4.23. The summed E-state index contributed by atoms with van der Waals surface area (Å²) in [6, 6.07) is 10.3. The molecular weight excluding hydrogens is 434 g/mol. The summed E-state index contributed by atoms with van der Waals surface area (Å²) in [5.41, 5.74) is -0.695. The highest BCUT2D eigenvalue weighted by atomic mass is 35.5. The first-order valence-electron chi connectivity index (χ1n) is 8.01. The Morgan fingerprint density at radius 2 is 1.79 bits per heavy atom. The minimum absolute atomic E-state index is 0.0193. The molecule has 1 aromatic heterocycles. The quantitative estimate of drug-likeness (QED) is 0.509. The van der Waals surface area contributed by atoms with Gasteiger partial charge in [-0.05, 0) is 48.5 Å². The molecule has 154 valence electrons. The largest absolute Gasteiger partial charge is 0.494 e. The van der Waals surface area contributed by atoms with Gasteiger partial charge in [-0.25, -0.2) is 13.3 Å². The van der Waals surface area contributed by atoms with Crippen LogP contribution in [0.2, 0.25) is 0 Å².